The minimum Gasteiger partial charge on any atom is -0.494 e. The first kappa shape index (κ1) is 14.3. The third-order valence-electron chi connectivity index (χ3n) is 4.42. The van der Waals surface area contributed by atoms with E-state index in [9.17, 15) is 4.39 Å². The fourth-order valence-electron chi connectivity index (χ4n) is 3.44. The van der Waals surface area contributed by atoms with Gasteiger partial charge in [0.25, 0.3) is 0 Å². The molecule has 0 saturated carbocycles. The van der Waals surface area contributed by atoms with Crippen molar-refractivity contribution in [3.05, 3.63) is 65.1 Å². The summed E-state index contributed by atoms with van der Waals surface area (Å²) in [6.45, 7) is 3.51. The Balaban J connectivity index is 1.81. The van der Waals surface area contributed by atoms with Crippen LogP contribution in [0.4, 0.5) is 4.39 Å². The first-order valence-electron chi connectivity index (χ1n) is 8.02. The van der Waals surface area contributed by atoms with Gasteiger partial charge in [-0.25, -0.2) is 4.39 Å². The summed E-state index contributed by atoms with van der Waals surface area (Å²) < 4.78 is 19.2. The number of hydrogen-bond donors (Lipinski definition) is 2. The minimum absolute atomic E-state index is 0.0783. The Labute approximate surface area is 134 Å². The van der Waals surface area contributed by atoms with E-state index in [2.05, 4.69) is 22.4 Å². The van der Waals surface area contributed by atoms with Crippen molar-refractivity contribution in [2.24, 2.45) is 0 Å². The summed E-state index contributed by atoms with van der Waals surface area (Å²) in [6, 6.07) is 13.2. The number of ether oxygens (including phenoxy) is 1. The van der Waals surface area contributed by atoms with Gasteiger partial charge in [0, 0.05) is 23.1 Å². The van der Waals surface area contributed by atoms with Crippen LogP contribution in [0, 0.1) is 5.82 Å². The lowest BCUT2D eigenvalue weighted by atomic mass is 9.94. The molecule has 0 spiro atoms. The Kier molecular flexibility index (Phi) is 3.54. The van der Waals surface area contributed by atoms with Gasteiger partial charge in [0.15, 0.2) is 0 Å². The zero-order chi connectivity index (χ0) is 15.8. The normalized spacial score (nSPS) is 17.2. The third-order valence-corrected chi connectivity index (χ3v) is 4.42. The molecule has 0 amide bonds. The fraction of sp³-hybridized carbons (Fsp3) is 0.263. The molecule has 1 aliphatic rings. The van der Waals surface area contributed by atoms with Crippen LogP contribution in [0.25, 0.3) is 10.9 Å². The van der Waals surface area contributed by atoms with Gasteiger partial charge in [0.2, 0.25) is 0 Å². The molecule has 1 aliphatic heterocycles. The van der Waals surface area contributed by atoms with Crippen LogP contribution in [0.15, 0.2) is 42.5 Å². The summed E-state index contributed by atoms with van der Waals surface area (Å²) in [5.74, 6) is 0.689. The quantitative estimate of drug-likeness (QED) is 0.769. The summed E-state index contributed by atoms with van der Waals surface area (Å²) in [6.07, 6.45) is 0.903. The minimum atomic E-state index is -0.187. The summed E-state index contributed by atoms with van der Waals surface area (Å²) in [7, 11) is 0. The van der Waals surface area contributed by atoms with Crippen molar-refractivity contribution in [2.75, 3.05) is 13.2 Å². The van der Waals surface area contributed by atoms with Gasteiger partial charge in [-0.05, 0) is 54.8 Å². The van der Waals surface area contributed by atoms with Gasteiger partial charge in [0.1, 0.15) is 11.6 Å². The molecule has 1 unspecified atom stereocenters. The highest BCUT2D eigenvalue weighted by Crippen LogP contribution is 2.34. The van der Waals surface area contributed by atoms with Crippen LogP contribution >= 0.6 is 0 Å². The molecule has 3 aromatic rings. The Morgan fingerprint density at radius 3 is 3.00 bits per heavy atom. The average Bonchev–Trinajstić information content (AvgIpc) is 2.93. The highest BCUT2D eigenvalue weighted by atomic mass is 19.1. The van der Waals surface area contributed by atoms with E-state index >= 15 is 0 Å². The summed E-state index contributed by atoms with van der Waals surface area (Å²) in [5.41, 5.74) is 4.49. The number of benzene rings is 2. The molecule has 23 heavy (non-hydrogen) atoms. The Hall–Kier alpha value is -2.33. The van der Waals surface area contributed by atoms with Gasteiger partial charge in [-0.1, -0.05) is 12.1 Å². The fourth-order valence-corrected chi connectivity index (χ4v) is 3.44. The number of hydrogen-bond acceptors (Lipinski definition) is 2. The van der Waals surface area contributed by atoms with Crippen molar-refractivity contribution in [1.82, 2.24) is 10.3 Å². The van der Waals surface area contributed by atoms with Crippen molar-refractivity contribution >= 4 is 10.9 Å². The number of fused-ring (bicyclic) bond motifs is 3. The van der Waals surface area contributed by atoms with Gasteiger partial charge >= 0.3 is 0 Å². The van der Waals surface area contributed by atoms with Gasteiger partial charge < -0.3 is 15.0 Å². The number of nitrogens with one attached hydrogen (secondary N) is 2. The average molecular weight is 310 g/mol. The maximum Gasteiger partial charge on any atom is 0.123 e. The second-order valence-electron chi connectivity index (χ2n) is 5.85. The molecular formula is C19H19FN2O. The van der Waals surface area contributed by atoms with Crippen molar-refractivity contribution in [2.45, 2.75) is 19.4 Å². The molecule has 0 radical (unpaired) electrons. The molecule has 2 heterocycles. The zero-order valence-electron chi connectivity index (χ0n) is 13.0. The molecule has 3 nitrogen and oxygen atoms in total. The van der Waals surface area contributed by atoms with Gasteiger partial charge in [-0.2, -0.15) is 0 Å². The molecule has 2 N–H and O–H groups in total. The lowest BCUT2D eigenvalue weighted by Crippen LogP contribution is -2.30. The van der Waals surface area contributed by atoms with E-state index < -0.39 is 0 Å². The molecule has 1 atom stereocenters. The number of H-pyrrole nitrogens is 1. The van der Waals surface area contributed by atoms with Crippen molar-refractivity contribution in [3.63, 3.8) is 0 Å². The van der Waals surface area contributed by atoms with Gasteiger partial charge in [-0.3, -0.25) is 0 Å². The number of aromatic amines is 1. The lowest BCUT2D eigenvalue weighted by molar-refractivity contribution is 0.339. The van der Waals surface area contributed by atoms with Crippen LogP contribution in [-0.2, 0) is 6.42 Å². The second-order valence-corrected chi connectivity index (χ2v) is 5.85. The Morgan fingerprint density at radius 2 is 2.13 bits per heavy atom. The SMILES string of the molecule is CCOc1cccc(C2NCCc3c2[nH]c2ccc(F)cc32)c1. The highest BCUT2D eigenvalue weighted by molar-refractivity contribution is 5.85. The molecule has 4 heteroatoms. The summed E-state index contributed by atoms with van der Waals surface area (Å²) in [5, 5.41) is 4.55. The maximum absolute atomic E-state index is 13.6. The molecule has 2 aromatic carbocycles. The zero-order valence-corrected chi connectivity index (χ0v) is 13.0. The predicted octanol–water partition coefficient (Wildman–Crippen LogP) is 3.94. The van der Waals surface area contributed by atoms with E-state index in [0.29, 0.717) is 6.61 Å². The molecule has 0 bridgehead atoms. The smallest absolute Gasteiger partial charge is 0.123 e. The molecule has 118 valence electrons. The Morgan fingerprint density at radius 1 is 1.22 bits per heavy atom. The Bertz CT molecular complexity index is 856. The highest BCUT2D eigenvalue weighted by Gasteiger charge is 2.25. The van der Waals surface area contributed by atoms with E-state index in [0.717, 1.165) is 40.9 Å². The van der Waals surface area contributed by atoms with Crippen LogP contribution in [-0.4, -0.2) is 18.1 Å². The number of rotatable bonds is 3. The predicted molar refractivity (Wildman–Crippen MR) is 89.4 cm³/mol. The molecule has 0 fully saturated rings. The number of halogens is 1. The maximum atomic E-state index is 13.6. The molecule has 0 aliphatic carbocycles. The van der Waals surface area contributed by atoms with E-state index in [1.165, 1.54) is 11.6 Å². The molecule has 1 aromatic heterocycles. The van der Waals surface area contributed by atoms with Crippen LogP contribution in [0.2, 0.25) is 0 Å². The van der Waals surface area contributed by atoms with E-state index in [4.69, 9.17) is 4.74 Å². The third kappa shape index (κ3) is 2.49. The van der Waals surface area contributed by atoms with Crippen molar-refractivity contribution < 1.29 is 9.13 Å². The standard InChI is InChI=1S/C19H19FN2O/c1-2-23-14-5-3-4-12(10-14)18-19-15(8-9-21-18)16-11-13(20)6-7-17(16)22-19/h3-7,10-11,18,21-22H,2,8-9H2,1H3. The van der Waals surface area contributed by atoms with Crippen LogP contribution in [0.5, 0.6) is 5.75 Å². The summed E-state index contributed by atoms with van der Waals surface area (Å²) >= 11 is 0. The lowest BCUT2D eigenvalue weighted by Gasteiger charge is -2.25. The number of aromatic nitrogens is 1. The molecule has 4 rings (SSSR count). The van der Waals surface area contributed by atoms with Crippen molar-refractivity contribution in [3.8, 4) is 5.75 Å². The van der Waals surface area contributed by atoms with Crippen LogP contribution in [0.1, 0.15) is 29.8 Å². The van der Waals surface area contributed by atoms with Gasteiger partial charge in [-0.15, -0.1) is 0 Å². The first-order chi connectivity index (χ1) is 11.3. The monoisotopic (exact) mass is 310 g/mol. The largest absolute Gasteiger partial charge is 0.494 e. The second kappa shape index (κ2) is 5.70. The molecule has 0 saturated heterocycles. The molecular weight excluding hydrogens is 291 g/mol. The van der Waals surface area contributed by atoms with Crippen LogP contribution in [0.3, 0.4) is 0 Å². The van der Waals surface area contributed by atoms with Crippen molar-refractivity contribution in [1.29, 1.82) is 0 Å². The summed E-state index contributed by atoms with van der Waals surface area (Å²) in [4.78, 5) is 3.47. The first-order valence-corrected chi connectivity index (χ1v) is 8.02. The van der Waals surface area contributed by atoms with E-state index in [1.54, 1.807) is 6.07 Å². The van der Waals surface area contributed by atoms with Gasteiger partial charge in [0.05, 0.1) is 12.6 Å². The van der Waals surface area contributed by atoms with E-state index in [-0.39, 0.29) is 11.9 Å². The van der Waals surface area contributed by atoms with Crippen LogP contribution < -0.4 is 10.1 Å². The van der Waals surface area contributed by atoms with E-state index in [1.807, 2.05) is 25.1 Å². The topological polar surface area (TPSA) is 37.0 Å².